The predicted octanol–water partition coefficient (Wildman–Crippen LogP) is 4.75. The monoisotopic (exact) mass is 681 g/mol. The van der Waals surface area contributed by atoms with Crippen LogP contribution in [0.1, 0.15) is 48.4 Å². The highest BCUT2D eigenvalue weighted by molar-refractivity contribution is 7.80. The number of esters is 4. The number of rotatable bonds is 10. The molecular weight excluding hydrogens is 650 g/mol. The summed E-state index contributed by atoms with van der Waals surface area (Å²) in [6.45, 7) is 0.900. The predicted molar refractivity (Wildman–Crippen MR) is 179 cm³/mol. The minimum absolute atomic E-state index is 0.0734. The lowest BCUT2D eigenvalue weighted by atomic mass is 9.93. The van der Waals surface area contributed by atoms with Crippen molar-refractivity contribution in [2.24, 2.45) is 0 Å². The second kappa shape index (κ2) is 16.4. The zero-order valence-electron chi connectivity index (χ0n) is 26.1. The summed E-state index contributed by atoms with van der Waals surface area (Å²) in [6.07, 6.45) is -7.96. The summed E-state index contributed by atoms with van der Waals surface area (Å²) in [5, 5.41) is 2.47. The van der Waals surface area contributed by atoms with Crippen molar-refractivity contribution < 1.29 is 47.7 Å². The third-order valence-corrected chi connectivity index (χ3v) is 7.44. The number of nitrogens with one attached hydrogen (secondary N) is 1. The first-order chi connectivity index (χ1) is 23.7. The van der Waals surface area contributed by atoms with E-state index in [1.54, 1.807) is 84.9 Å². The van der Waals surface area contributed by atoms with E-state index in [1.165, 1.54) is 43.3 Å². The Morgan fingerprint density at radius 1 is 0.571 bits per heavy atom. The molecule has 1 fully saturated rings. The molecule has 0 aliphatic carbocycles. The molecule has 1 saturated heterocycles. The highest BCUT2D eigenvalue weighted by atomic mass is 32.1. The molecule has 1 aliphatic heterocycles. The van der Waals surface area contributed by atoms with Crippen molar-refractivity contribution in [3.63, 3.8) is 0 Å². The number of hydrogen-bond donors (Lipinski definition) is 1. The molecule has 1 aliphatic rings. The standard InChI is InChI=1S/C37H31NO10S/c1-23(49)38-33(39)32-31(48-37(43)27-20-12-5-13-21-27)30(47-36(42)26-18-10-4-11-19-26)29(46-35(41)25-16-8-3-9-17-25)28(45-32)22-44-34(40)24-14-6-2-7-15-24/h2-21,28-32H,22H2,1H3,(H,38,39,49)/t28-,29-,30+,31-,32-/m1/s1. The van der Waals surface area contributed by atoms with E-state index in [0.29, 0.717) is 0 Å². The first kappa shape index (κ1) is 34.6. The maximum Gasteiger partial charge on any atom is 0.338 e. The Hall–Kier alpha value is -5.72. The zero-order chi connectivity index (χ0) is 34.8. The maximum atomic E-state index is 13.6. The molecule has 12 heteroatoms. The first-order valence-electron chi connectivity index (χ1n) is 15.2. The van der Waals surface area contributed by atoms with Crippen LogP contribution in [-0.2, 0) is 28.5 Å². The Morgan fingerprint density at radius 3 is 1.35 bits per heavy atom. The first-order valence-corrected chi connectivity index (χ1v) is 15.6. The van der Waals surface area contributed by atoms with Crippen molar-refractivity contribution in [3.05, 3.63) is 144 Å². The molecule has 0 bridgehead atoms. The van der Waals surface area contributed by atoms with Crippen LogP contribution in [0.5, 0.6) is 0 Å². The van der Waals surface area contributed by atoms with Gasteiger partial charge in [-0.15, -0.1) is 0 Å². The van der Waals surface area contributed by atoms with Gasteiger partial charge in [0.05, 0.1) is 27.2 Å². The summed E-state index contributed by atoms with van der Waals surface area (Å²) in [6, 6.07) is 31.9. The lowest BCUT2D eigenvalue weighted by Gasteiger charge is -2.44. The van der Waals surface area contributed by atoms with Gasteiger partial charge in [-0.2, -0.15) is 0 Å². The minimum atomic E-state index is -1.68. The van der Waals surface area contributed by atoms with E-state index in [2.05, 4.69) is 5.32 Å². The van der Waals surface area contributed by atoms with Crippen LogP contribution in [-0.4, -0.2) is 71.9 Å². The Bertz CT molecular complexity index is 1790. The number of carbonyl (C=O) groups excluding carboxylic acids is 5. The topological polar surface area (TPSA) is 144 Å². The van der Waals surface area contributed by atoms with Gasteiger partial charge in [0.25, 0.3) is 5.91 Å². The van der Waals surface area contributed by atoms with Crippen LogP contribution in [0.2, 0.25) is 0 Å². The normalized spacial score (nSPS) is 19.8. The van der Waals surface area contributed by atoms with Crippen LogP contribution < -0.4 is 5.32 Å². The van der Waals surface area contributed by atoms with E-state index in [1.807, 2.05) is 0 Å². The van der Waals surface area contributed by atoms with Gasteiger partial charge < -0.3 is 29.0 Å². The van der Waals surface area contributed by atoms with Crippen LogP contribution in [0, 0.1) is 0 Å². The molecule has 1 N–H and O–H groups in total. The Balaban J connectivity index is 1.57. The smallest absolute Gasteiger partial charge is 0.338 e. The van der Waals surface area contributed by atoms with Gasteiger partial charge in [-0.3, -0.25) is 4.79 Å². The highest BCUT2D eigenvalue weighted by Gasteiger charge is 2.55. The third kappa shape index (κ3) is 9.01. The van der Waals surface area contributed by atoms with Crippen LogP contribution in [0.25, 0.3) is 0 Å². The van der Waals surface area contributed by atoms with E-state index in [-0.39, 0.29) is 27.2 Å². The van der Waals surface area contributed by atoms with Gasteiger partial charge >= 0.3 is 23.9 Å². The van der Waals surface area contributed by atoms with Crippen LogP contribution in [0.4, 0.5) is 0 Å². The molecule has 1 amide bonds. The average Bonchev–Trinajstić information content (AvgIpc) is 3.13. The Kier molecular flexibility index (Phi) is 11.6. The van der Waals surface area contributed by atoms with Crippen LogP contribution >= 0.6 is 12.2 Å². The molecule has 0 aromatic heterocycles. The quantitative estimate of drug-likeness (QED) is 0.141. The summed E-state index contributed by atoms with van der Waals surface area (Å²) in [4.78, 5) is 67.2. The number of benzene rings is 4. The highest BCUT2D eigenvalue weighted by Crippen LogP contribution is 2.31. The van der Waals surface area contributed by atoms with Crippen molar-refractivity contribution in [2.75, 3.05) is 6.61 Å². The van der Waals surface area contributed by atoms with Gasteiger partial charge in [-0.1, -0.05) is 85.0 Å². The molecule has 0 saturated carbocycles. The molecule has 5 atom stereocenters. The molecule has 0 spiro atoms. The lowest BCUT2D eigenvalue weighted by Crippen LogP contribution is -2.65. The van der Waals surface area contributed by atoms with Crippen molar-refractivity contribution in [1.82, 2.24) is 5.32 Å². The van der Waals surface area contributed by atoms with Crippen LogP contribution in [0.15, 0.2) is 121 Å². The zero-order valence-corrected chi connectivity index (χ0v) is 26.9. The van der Waals surface area contributed by atoms with Crippen molar-refractivity contribution in [2.45, 2.75) is 37.4 Å². The van der Waals surface area contributed by atoms with E-state index >= 15 is 0 Å². The second-order valence-corrected chi connectivity index (χ2v) is 11.4. The van der Waals surface area contributed by atoms with E-state index in [0.717, 1.165) is 0 Å². The van der Waals surface area contributed by atoms with Gasteiger partial charge in [0.1, 0.15) is 12.7 Å². The molecule has 1 heterocycles. The summed E-state index contributed by atoms with van der Waals surface area (Å²) in [5.41, 5.74) is 0.615. The Labute approximate surface area is 287 Å². The minimum Gasteiger partial charge on any atom is -0.459 e. The molecule has 250 valence electrons. The largest absolute Gasteiger partial charge is 0.459 e. The average molecular weight is 682 g/mol. The fourth-order valence-electron chi connectivity index (χ4n) is 5.02. The van der Waals surface area contributed by atoms with Crippen LogP contribution in [0.3, 0.4) is 0 Å². The number of ether oxygens (including phenoxy) is 5. The number of amides is 1. The number of thiocarbonyl (C=S) groups is 1. The van der Waals surface area contributed by atoms with E-state index in [4.69, 9.17) is 35.9 Å². The number of hydrogen-bond acceptors (Lipinski definition) is 11. The number of carbonyl (C=O) groups is 5. The Morgan fingerprint density at radius 2 is 0.939 bits per heavy atom. The molecule has 11 nitrogen and oxygen atoms in total. The second-order valence-electron chi connectivity index (χ2n) is 10.8. The molecule has 4 aromatic rings. The summed E-state index contributed by atoms with van der Waals surface area (Å²) < 4.78 is 29.5. The van der Waals surface area contributed by atoms with Crippen molar-refractivity contribution in [1.29, 1.82) is 0 Å². The van der Waals surface area contributed by atoms with Crippen molar-refractivity contribution in [3.8, 4) is 0 Å². The molecule has 49 heavy (non-hydrogen) atoms. The third-order valence-electron chi connectivity index (χ3n) is 7.34. The van der Waals surface area contributed by atoms with Gasteiger partial charge in [-0.25, -0.2) is 19.2 Å². The molecular formula is C37H31NO10S. The SMILES string of the molecule is CC(=S)NC(=O)[C@@H]1O[C@H](COC(=O)c2ccccc2)[C@@H](OC(=O)c2ccccc2)[C@H](OC(=O)c2ccccc2)[C@H]1OC(=O)c1ccccc1. The maximum absolute atomic E-state index is 13.6. The summed E-state index contributed by atoms with van der Waals surface area (Å²) in [5.74, 6) is -4.18. The van der Waals surface area contributed by atoms with E-state index < -0.39 is 66.9 Å². The van der Waals surface area contributed by atoms with E-state index in [9.17, 15) is 24.0 Å². The molecule has 4 aromatic carbocycles. The fourth-order valence-corrected chi connectivity index (χ4v) is 5.12. The lowest BCUT2D eigenvalue weighted by molar-refractivity contribution is -0.226. The fraction of sp³-hybridized carbons (Fsp3) is 0.189. The van der Waals surface area contributed by atoms with Gasteiger partial charge in [0.2, 0.25) is 0 Å². The van der Waals surface area contributed by atoms with Crippen molar-refractivity contribution >= 4 is 47.0 Å². The molecule has 0 radical (unpaired) electrons. The summed E-state index contributed by atoms with van der Waals surface area (Å²) >= 11 is 5.09. The van der Waals surface area contributed by atoms with Gasteiger partial charge in [-0.05, 0) is 55.5 Å². The molecule has 0 unspecified atom stereocenters. The van der Waals surface area contributed by atoms with Gasteiger partial charge in [0, 0.05) is 0 Å². The molecule has 5 rings (SSSR count). The van der Waals surface area contributed by atoms with Gasteiger partial charge in [0.15, 0.2) is 24.4 Å². The summed E-state index contributed by atoms with van der Waals surface area (Å²) in [7, 11) is 0.